The summed E-state index contributed by atoms with van der Waals surface area (Å²) in [6.45, 7) is 2.97. The van der Waals surface area contributed by atoms with Crippen LogP contribution in [0.2, 0.25) is 5.02 Å². The molecule has 0 unspecified atom stereocenters. The third kappa shape index (κ3) is 3.90. The highest BCUT2D eigenvalue weighted by atomic mass is 35.5. The van der Waals surface area contributed by atoms with E-state index in [1.54, 1.807) is 33.8 Å². The van der Waals surface area contributed by atoms with E-state index in [0.29, 0.717) is 34.7 Å². The van der Waals surface area contributed by atoms with Gasteiger partial charge in [-0.15, -0.1) is 0 Å². The van der Waals surface area contributed by atoms with Crippen molar-refractivity contribution in [3.8, 4) is 0 Å². The molecule has 0 radical (unpaired) electrons. The van der Waals surface area contributed by atoms with Gasteiger partial charge in [-0.25, -0.2) is 0 Å². The van der Waals surface area contributed by atoms with E-state index in [1.807, 2.05) is 37.3 Å². The van der Waals surface area contributed by atoms with Crippen molar-refractivity contribution in [3.63, 3.8) is 0 Å². The Morgan fingerprint density at radius 3 is 2.72 bits per heavy atom. The number of carbonyl (C=O) groups is 1. The van der Waals surface area contributed by atoms with Crippen LogP contribution in [0.5, 0.6) is 0 Å². The second-order valence-electron chi connectivity index (χ2n) is 6.52. The monoisotopic (exact) mass is 407 g/mol. The molecule has 0 saturated carbocycles. The van der Waals surface area contributed by atoms with Crippen molar-refractivity contribution < 1.29 is 4.79 Å². The summed E-state index contributed by atoms with van der Waals surface area (Å²) in [5.74, 6) is -0.585. The van der Waals surface area contributed by atoms with Crippen LogP contribution >= 0.6 is 11.6 Å². The number of nitrogens with zero attached hydrogens (tertiary/aromatic N) is 4. The second kappa shape index (κ2) is 7.89. The van der Waals surface area contributed by atoms with E-state index >= 15 is 0 Å². The lowest BCUT2D eigenvalue weighted by molar-refractivity contribution is 0.101. The number of benzene rings is 2. The molecule has 2 aromatic carbocycles. The Morgan fingerprint density at radius 1 is 1.17 bits per heavy atom. The fourth-order valence-corrected chi connectivity index (χ4v) is 3.30. The summed E-state index contributed by atoms with van der Waals surface area (Å²) in [6, 6.07) is 14.8. The lowest BCUT2D eigenvalue weighted by atomic mass is 10.2. The number of amides is 1. The van der Waals surface area contributed by atoms with Gasteiger partial charge in [0.25, 0.3) is 5.91 Å². The summed E-state index contributed by atoms with van der Waals surface area (Å²) < 4.78 is 3.32. The lowest BCUT2D eigenvalue weighted by Crippen LogP contribution is -2.27. The predicted octanol–water partition coefficient (Wildman–Crippen LogP) is 3.57. The summed E-state index contributed by atoms with van der Waals surface area (Å²) in [6.07, 6.45) is 3.25. The van der Waals surface area contributed by atoms with Gasteiger partial charge in [0.15, 0.2) is 5.69 Å². The maximum Gasteiger partial charge on any atom is 0.280 e. The Morgan fingerprint density at radius 2 is 1.97 bits per heavy atom. The topological polar surface area (TPSA) is 81.8 Å². The van der Waals surface area contributed by atoms with Gasteiger partial charge in [-0.3, -0.25) is 19.0 Å². The van der Waals surface area contributed by atoms with Crippen LogP contribution in [0.15, 0.2) is 65.7 Å². The van der Waals surface area contributed by atoms with E-state index in [1.165, 1.54) is 6.20 Å². The van der Waals surface area contributed by atoms with E-state index in [-0.39, 0.29) is 5.69 Å². The van der Waals surface area contributed by atoms with Crippen molar-refractivity contribution in [3.05, 3.63) is 87.4 Å². The van der Waals surface area contributed by atoms with Crippen molar-refractivity contribution in [2.45, 2.75) is 20.0 Å². The molecule has 146 valence electrons. The summed E-state index contributed by atoms with van der Waals surface area (Å²) in [4.78, 5) is 25.6. The molecule has 0 saturated heterocycles. The fraction of sp³-hybridized carbons (Fsp3) is 0.143. The van der Waals surface area contributed by atoms with Gasteiger partial charge in [0.2, 0.25) is 5.43 Å². The fourth-order valence-electron chi connectivity index (χ4n) is 3.13. The van der Waals surface area contributed by atoms with Crippen molar-refractivity contribution in [1.82, 2.24) is 19.6 Å². The summed E-state index contributed by atoms with van der Waals surface area (Å²) in [5, 5.41) is 12.0. The number of anilines is 1. The predicted molar refractivity (Wildman–Crippen MR) is 112 cm³/mol. The molecule has 4 aromatic rings. The van der Waals surface area contributed by atoms with Gasteiger partial charge >= 0.3 is 0 Å². The van der Waals surface area contributed by atoms with E-state index < -0.39 is 11.3 Å². The number of fused-ring (bicyclic) bond motifs is 1. The first-order chi connectivity index (χ1) is 14.0. The largest absolute Gasteiger partial charge is 0.318 e. The molecule has 7 nitrogen and oxygen atoms in total. The van der Waals surface area contributed by atoms with E-state index in [2.05, 4.69) is 15.5 Å². The Labute approximate surface area is 171 Å². The molecule has 0 spiro atoms. The first-order valence-electron chi connectivity index (χ1n) is 9.13. The molecule has 0 fully saturated rings. The second-order valence-corrected chi connectivity index (χ2v) is 6.96. The molecule has 2 heterocycles. The molecule has 0 aliphatic rings. The molecule has 2 aromatic heterocycles. The van der Waals surface area contributed by atoms with Crippen LogP contribution in [-0.4, -0.2) is 25.5 Å². The van der Waals surface area contributed by atoms with Crippen LogP contribution in [0.1, 0.15) is 23.0 Å². The molecular weight excluding hydrogens is 390 g/mol. The molecular formula is C21H18ClN5O2. The minimum Gasteiger partial charge on any atom is -0.318 e. The van der Waals surface area contributed by atoms with Gasteiger partial charge < -0.3 is 5.32 Å². The molecule has 4 rings (SSSR count). The van der Waals surface area contributed by atoms with E-state index in [0.717, 1.165) is 5.56 Å². The van der Waals surface area contributed by atoms with Crippen LogP contribution in [0, 0.1) is 0 Å². The van der Waals surface area contributed by atoms with Gasteiger partial charge in [-0.05, 0) is 30.7 Å². The zero-order valence-corrected chi connectivity index (χ0v) is 16.4. The van der Waals surface area contributed by atoms with Crippen LogP contribution in [0.25, 0.3) is 10.9 Å². The summed E-state index contributed by atoms with van der Waals surface area (Å²) >= 11 is 6.04. The van der Waals surface area contributed by atoms with Gasteiger partial charge in [-0.2, -0.15) is 10.2 Å². The average molecular weight is 408 g/mol. The first-order valence-corrected chi connectivity index (χ1v) is 9.51. The lowest BCUT2D eigenvalue weighted by Gasteiger charge is -2.10. The molecule has 1 N–H and O–H groups in total. The first kappa shape index (κ1) is 18.9. The number of rotatable bonds is 5. The number of hydrogen-bond acceptors (Lipinski definition) is 4. The third-order valence-corrected chi connectivity index (χ3v) is 4.75. The highest BCUT2D eigenvalue weighted by Crippen LogP contribution is 2.17. The highest BCUT2D eigenvalue weighted by Gasteiger charge is 2.18. The van der Waals surface area contributed by atoms with Gasteiger partial charge in [0, 0.05) is 17.8 Å². The molecule has 0 aliphatic heterocycles. The molecule has 0 aliphatic carbocycles. The minimum absolute atomic E-state index is 0.183. The van der Waals surface area contributed by atoms with Gasteiger partial charge in [0.1, 0.15) is 0 Å². The minimum atomic E-state index is -0.585. The van der Waals surface area contributed by atoms with Crippen molar-refractivity contribution in [1.29, 1.82) is 0 Å². The van der Waals surface area contributed by atoms with Crippen LogP contribution < -0.4 is 10.7 Å². The smallest absolute Gasteiger partial charge is 0.280 e. The number of halogens is 1. The summed E-state index contributed by atoms with van der Waals surface area (Å²) in [5.41, 5.74) is 1.57. The zero-order chi connectivity index (χ0) is 20.4. The molecule has 0 bridgehead atoms. The van der Waals surface area contributed by atoms with Crippen LogP contribution in [-0.2, 0) is 13.1 Å². The summed E-state index contributed by atoms with van der Waals surface area (Å²) in [7, 11) is 0. The van der Waals surface area contributed by atoms with Crippen LogP contribution in [0.4, 0.5) is 5.69 Å². The zero-order valence-electron chi connectivity index (χ0n) is 15.7. The Balaban J connectivity index is 1.61. The Hall–Kier alpha value is -3.45. The standard InChI is InChI=1S/C21H18ClN5O2/c1-2-27-18-9-8-15(22)10-17(18)20(28)19(25-27)21(29)24-16-11-23-26(13-16)12-14-6-4-3-5-7-14/h3-11,13H,2,12H2,1H3,(H,24,29). The molecule has 1 amide bonds. The van der Waals surface area contributed by atoms with Crippen molar-refractivity contribution in [2.24, 2.45) is 0 Å². The van der Waals surface area contributed by atoms with Crippen molar-refractivity contribution >= 4 is 34.1 Å². The van der Waals surface area contributed by atoms with E-state index in [4.69, 9.17) is 11.6 Å². The molecule has 0 atom stereocenters. The number of hydrogen-bond donors (Lipinski definition) is 1. The number of aryl methyl sites for hydroxylation is 1. The van der Waals surface area contributed by atoms with E-state index in [9.17, 15) is 9.59 Å². The molecule has 8 heteroatoms. The number of aromatic nitrogens is 4. The number of nitrogens with one attached hydrogen (secondary N) is 1. The van der Waals surface area contributed by atoms with Gasteiger partial charge in [0.05, 0.1) is 29.3 Å². The van der Waals surface area contributed by atoms with Crippen molar-refractivity contribution in [2.75, 3.05) is 5.32 Å². The maximum absolute atomic E-state index is 12.8. The Kier molecular flexibility index (Phi) is 5.14. The molecule has 29 heavy (non-hydrogen) atoms. The van der Waals surface area contributed by atoms with Crippen LogP contribution in [0.3, 0.4) is 0 Å². The quantitative estimate of drug-likeness (QED) is 0.548. The normalized spacial score (nSPS) is 11.0. The maximum atomic E-state index is 12.8. The average Bonchev–Trinajstić information content (AvgIpc) is 3.16. The highest BCUT2D eigenvalue weighted by molar-refractivity contribution is 6.31. The van der Waals surface area contributed by atoms with Gasteiger partial charge in [-0.1, -0.05) is 41.9 Å². The number of carbonyl (C=O) groups excluding carboxylic acids is 1. The SMILES string of the molecule is CCn1nc(C(=O)Nc2cnn(Cc3ccccc3)c2)c(=O)c2cc(Cl)ccc21. The third-order valence-electron chi connectivity index (χ3n) is 4.51. The Bertz CT molecular complexity index is 1250.